The fraction of sp³-hybridized carbons (Fsp3) is 1.00. The van der Waals surface area contributed by atoms with Gasteiger partial charge in [0, 0.05) is 12.1 Å². The van der Waals surface area contributed by atoms with Gasteiger partial charge in [0.2, 0.25) is 0 Å². The first-order chi connectivity index (χ1) is 7.61. The zero-order valence-electron chi connectivity index (χ0n) is 11.6. The van der Waals surface area contributed by atoms with Gasteiger partial charge in [-0.15, -0.1) is 0 Å². The minimum absolute atomic E-state index is 0.756. The maximum atomic E-state index is 3.52. The summed E-state index contributed by atoms with van der Waals surface area (Å²) in [6.45, 7) is 9.24. The van der Waals surface area contributed by atoms with E-state index in [1.807, 2.05) is 0 Å². The molecule has 0 saturated heterocycles. The van der Waals surface area contributed by atoms with Crippen molar-refractivity contribution in [3.8, 4) is 0 Å². The molecule has 0 aromatic carbocycles. The van der Waals surface area contributed by atoms with Crippen molar-refractivity contribution >= 4 is 0 Å². The Morgan fingerprint density at radius 1 is 1.25 bits per heavy atom. The lowest BCUT2D eigenvalue weighted by Gasteiger charge is -2.38. The van der Waals surface area contributed by atoms with E-state index in [4.69, 9.17) is 0 Å². The topological polar surface area (TPSA) is 15.3 Å². The van der Waals surface area contributed by atoms with Crippen LogP contribution in [0.4, 0.5) is 0 Å². The molecule has 96 valence electrons. The standard InChI is InChI=1S/C14H30N2/c1-12(2)11-15-10-6-7-13(3)16(4)14-8-5-9-14/h12-15H,5-11H2,1-4H3. The van der Waals surface area contributed by atoms with Gasteiger partial charge in [-0.3, -0.25) is 0 Å². The average molecular weight is 226 g/mol. The summed E-state index contributed by atoms with van der Waals surface area (Å²) in [6, 6.07) is 1.64. The number of nitrogens with zero attached hydrogens (tertiary/aromatic N) is 1. The van der Waals surface area contributed by atoms with E-state index in [-0.39, 0.29) is 0 Å². The summed E-state index contributed by atoms with van der Waals surface area (Å²) in [5.74, 6) is 0.773. The summed E-state index contributed by atoms with van der Waals surface area (Å²) in [5, 5.41) is 3.52. The van der Waals surface area contributed by atoms with Gasteiger partial charge in [0.05, 0.1) is 0 Å². The number of hydrogen-bond acceptors (Lipinski definition) is 2. The summed E-state index contributed by atoms with van der Waals surface area (Å²) >= 11 is 0. The van der Waals surface area contributed by atoms with Gasteiger partial charge < -0.3 is 10.2 Å². The van der Waals surface area contributed by atoms with Crippen molar-refractivity contribution in [1.82, 2.24) is 10.2 Å². The second-order valence-electron chi connectivity index (χ2n) is 5.84. The first kappa shape index (κ1) is 14.0. The molecule has 1 rings (SSSR count). The molecule has 0 radical (unpaired) electrons. The minimum atomic E-state index is 0.756. The van der Waals surface area contributed by atoms with Gasteiger partial charge in [-0.2, -0.15) is 0 Å². The lowest BCUT2D eigenvalue weighted by molar-refractivity contribution is 0.112. The normalized spacial score (nSPS) is 19.1. The maximum Gasteiger partial charge on any atom is 0.00950 e. The van der Waals surface area contributed by atoms with E-state index in [9.17, 15) is 0 Å². The molecule has 0 aromatic rings. The van der Waals surface area contributed by atoms with Gasteiger partial charge in [0.1, 0.15) is 0 Å². The fourth-order valence-corrected chi connectivity index (χ4v) is 2.27. The predicted octanol–water partition coefficient (Wildman–Crippen LogP) is 2.89. The van der Waals surface area contributed by atoms with Crippen LogP contribution >= 0.6 is 0 Å². The predicted molar refractivity (Wildman–Crippen MR) is 71.8 cm³/mol. The molecule has 2 nitrogen and oxygen atoms in total. The Morgan fingerprint density at radius 2 is 1.94 bits per heavy atom. The van der Waals surface area contributed by atoms with Crippen molar-refractivity contribution < 1.29 is 0 Å². The third-order valence-corrected chi connectivity index (χ3v) is 3.87. The summed E-state index contributed by atoms with van der Waals surface area (Å²) in [4.78, 5) is 2.59. The first-order valence-electron chi connectivity index (χ1n) is 7.04. The number of rotatable bonds is 8. The van der Waals surface area contributed by atoms with E-state index in [2.05, 4.69) is 38.0 Å². The molecule has 1 aliphatic rings. The van der Waals surface area contributed by atoms with Crippen LogP contribution in [0.2, 0.25) is 0 Å². The molecule has 0 aromatic heterocycles. The van der Waals surface area contributed by atoms with E-state index in [0.717, 1.165) is 24.5 Å². The Labute approximate surface area is 102 Å². The van der Waals surface area contributed by atoms with Gasteiger partial charge in [-0.1, -0.05) is 20.3 Å². The Hall–Kier alpha value is -0.0800. The molecule has 16 heavy (non-hydrogen) atoms. The molecule has 0 amide bonds. The highest BCUT2D eigenvalue weighted by molar-refractivity contribution is 4.81. The van der Waals surface area contributed by atoms with Crippen molar-refractivity contribution in [2.24, 2.45) is 5.92 Å². The maximum absolute atomic E-state index is 3.52. The highest BCUT2D eigenvalue weighted by Gasteiger charge is 2.24. The van der Waals surface area contributed by atoms with Gasteiger partial charge >= 0.3 is 0 Å². The summed E-state index contributed by atoms with van der Waals surface area (Å²) < 4.78 is 0. The Bertz CT molecular complexity index is 176. The molecule has 1 saturated carbocycles. The molecule has 1 N–H and O–H groups in total. The average Bonchev–Trinajstić information content (AvgIpc) is 2.13. The van der Waals surface area contributed by atoms with Crippen LogP contribution in [0.15, 0.2) is 0 Å². The Kier molecular flexibility index (Phi) is 6.37. The third-order valence-electron chi connectivity index (χ3n) is 3.87. The van der Waals surface area contributed by atoms with Crippen LogP contribution in [0.5, 0.6) is 0 Å². The molecule has 0 bridgehead atoms. The van der Waals surface area contributed by atoms with Crippen LogP contribution in [0.25, 0.3) is 0 Å². The van der Waals surface area contributed by atoms with Crippen LogP contribution in [0, 0.1) is 5.92 Å². The van der Waals surface area contributed by atoms with Crippen molar-refractivity contribution in [2.75, 3.05) is 20.1 Å². The highest BCUT2D eigenvalue weighted by atomic mass is 15.2. The molecule has 2 heteroatoms. The molecule has 1 atom stereocenters. The van der Waals surface area contributed by atoms with Crippen molar-refractivity contribution in [2.45, 2.75) is 65.0 Å². The summed E-state index contributed by atoms with van der Waals surface area (Å²) in [5.41, 5.74) is 0. The first-order valence-corrected chi connectivity index (χ1v) is 7.04. The van der Waals surface area contributed by atoms with Gasteiger partial charge in [-0.05, 0) is 58.7 Å². The van der Waals surface area contributed by atoms with Crippen LogP contribution in [0.3, 0.4) is 0 Å². The van der Waals surface area contributed by atoms with Crippen molar-refractivity contribution in [3.63, 3.8) is 0 Å². The lowest BCUT2D eigenvalue weighted by atomic mass is 9.90. The molecular formula is C14H30N2. The van der Waals surface area contributed by atoms with E-state index in [0.29, 0.717) is 0 Å². The summed E-state index contributed by atoms with van der Waals surface area (Å²) in [7, 11) is 2.30. The quantitative estimate of drug-likeness (QED) is 0.640. The second-order valence-corrected chi connectivity index (χ2v) is 5.84. The van der Waals surface area contributed by atoms with Crippen molar-refractivity contribution in [3.05, 3.63) is 0 Å². The van der Waals surface area contributed by atoms with Gasteiger partial charge in [0.25, 0.3) is 0 Å². The molecule has 0 spiro atoms. The zero-order valence-corrected chi connectivity index (χ0v) is 11.6. The van der Waals surface area contributed by atoms with Crippen LogP contribution < -0.4 is 5.32 Å². The van der Waals surface area contributed by atoms with Crippen molar-refractivity contribution in [1.29, 1.82) is 0 Å². The van der Waals surface area contributed by atoms with Crippen LogP contribution in [-0.2, 0) is 0 Å². The fourth-order valence-electron chi connectivity index (χ4n) is 2.27. The zero-order chi connectivity index (χ0) is 12.0. The van der Waals surface area contributed by atoms with E-state index in [1.54, 1.807) is 0 Å². The molecule has 0 aliphatic heterocycles. The van der Waals surface area contributed by atoms with Crippen LogP contribution in [0.1, 0.15) is 52.9 Å². The van der Waals surface area contributed by atoms with E-state index in [1.165, 1.54) is 38.6 Å². The number of hydrogen-bond donors (Lipinski definition) is 1. The molecular weight excluding hydrogens is 196 g/mol. The Morgan fingerprint density at radius 3 is 2.44 bits per heavy atom. The minimum Gasteiger partial charge on any atom is -0.316 e. The van der Waals surface area contributed by atoms with Gasteiger partial charge in [0.15, 0.2) is 0 Å². The van der Waals surface area contributed by atoms with E-state index < -0.39 is 0 Å². The molecule has 1 aliphatic carbocycles. The van der Waals surface area contributed by atoms with E-state index >= 15 is 0 Å². The molecule has 1 fully saturated rings. The molecule has 1 unspecified atom stereocenters. The highest BCUT2D eigenvalue weighted by Crippen LogP contribution is 2.25. The van der Waals surface area contributed by atoms with Crippen LogP contribution in [-0.4, -0.2) is 37.1 Å². The monoisotopic (exact) mass is 226 g/mol. The Balaban J connectivity index is 1.98. The third kappa shape index (κ3) is 4.84. The summed E-state index contributed by atoms with van der Waals surface area (Å²) in [6.07, 6.45) is 6.93. The number of nitrogens with one attached hydrogen (secondary N) is 1. The van der Waals surface area contributed by atoms with Gasteiger partial charge in [-0.25, -0.2) is 0 Å². The molecule has 0 heterocycles. The lowest BCUT2D eigenvalue weighted by Crippen LogP contribution is -2.42. The smallest absolute Gasteiger partial charge is 0.00950 e. The SMILES string of the molecule is CC(C)CNCCCC(C)N(C)C1CCC1. The second kappa shape index (κ2) is 7.29. The largest absolute Gasteiger partial charge is 0.316 e.